The average molecular weight is 361 g/mol. The zero-order valence-electron chi connectivity index (χ0n) is 10.5. The first-order valence-corrected chi connectivity index (χ1v) is 8.33. The van der Waals surface area contributed by atoms with Gasteiger partial charge in [0, 0.05) is 5.56 Å². The summed E-state index contributed by atoms with van der Waals surface area (Å²) in [7, 11) is -3.82. The van der Waals surface area contributed by atoms with Crippen molar-refractivity contribution in [2.45, 2.75) is 4.90 Å². The van der Waals surface area contributed by atoms with Gasteiger partial charge >= 0.3 is 0 Å². The zero-order chi connectivity index (χ0) is 15.6. The summed E-state index contributed by atoms with van der Waals surface area (Å²) in [5, 5.41) is 0.391. The summed E-state index contributed by atoms with van der Waals surface area (Å²) in [6, 6.07) is 10.7. The monoisotopic (exact) mass is 360 g/mol. The van der Waals surface area contributed by atoms with Crippen molar-refractivity contribution in [1.29, 1.82) is 0 Å². The van der Waals surface area contributed by atoms with E-state index in [1.54, 1.807) is 24.3 Å². The minimum absolute atomic E-state index is 0.0313. The molecule has 0 aliphatic carbocycles. The molecule has 21 heavy (non-hydrogen) atoms. The second kappa shape index (κ2) is 6.19. The van der Waals surface area contributed by atoms with Crippen molar-refractivity contribution in [2.24, 2.45) is 5.73 Å². The van der Waals surface area contributed by atoms with Gasteiger partial charge in [0.1, 0.15) is 4.99 Å². The molecule has 0 fully saturated rings. The zero-order valence-corrected chi connectivity index (χ0v) is 13.7. The van der Waals surface area contributed by atoms with Gasteiger partial charge in [-0.3, -0.25) is 4.72 Å². The van der Waals surface area contributed by atoms with Crippen LogP contribution in [-0.2, 0) is 10.0 Å². The van der Waals surface area contributed by atoms with E-state index in [2.05, 4.69) is 4.72 Å². The van der Waals surface area contributed by atoms with E-state index in [0.29, 0.717) is 5.56 Å². The Bertz CT molecular complexity index is 808. The van der Waals surface area contributed by atoms with Gasteiger partial charge in [-0.25, -0.2) is 8.42 Å². The Morgan fingerprint density at radius 1 is 1.14 bits per heavy atom. The van der Waals surface area contributed by atoms with Crippen LogP contribution in [0.3, 0.4) is 0 Å². The van der Waals surface area contributed by atoms with Crippen LogP contribution in [0.1, 0.15) is 5.56 Å². The molecule has 3 N–H and O–H groups in total. The number of nitrogens with one attached hydrogen (secondary N) is 1. The number of anilines is 1. The van der Waals surface area contributed by atoms with Gasteiger partial charge in [-0.1, -0.05) is 53.6 Å². The molecule has 0 saturated carbocycles. The number of sulfonamides is 1. The summed E-state index contributed by atoms with van der Waals surface area (Å²) in [4.78, 5) is 0.150. The van der Waals surface area contributed by atoms with Gasteiger partial charge in [0.2, 0.25) is 0 Å². The van der Waals surface area contributed by atoms with E-state index in [-0.39, 0.29) is 25.6 Å². The van der Waals surface area contributed by atoms with Crippen molar-refractivity contribution >= 4 is 56.1 Å². The maximum absolute atomic E-state index is 12.3. The number of nitrogens with two attached hydrogens (primary N) is 1. The molecule has 0 spiro atoms. The third-order valence-corrected chi connectivity index (χ3v) is 5.04. The van der Waals surface area contributed by atoms with Crippen LogP contribution in [-0.4, -0.2) is 13.4 Å². The molecule has 0 aromatic heterocycles. The number of hydrogen-bond acceptors (Lipinski definition) is 3. The van der Waals surface area contributed by atoms with E-state index >= 15 is 0 Å². The van der Waals surface area contributed by atoms with Gasteiger partial charge in [-0.15, -0.1) is 0 Å². The molecule has 0 amide bonds. The molecule has 0 atom stereocenters. The standard InChI is InChI=1S/C13H10Cl2N2O2S2/c14-10-5-2-6-11(12(10)15)17-21(18,19)9-4-1-3-8(7-9)13(16)20/h1-7,17H,(H2,16,20). The molecule has 0 radical (unpaired) electrons. The van der Waals surface area contributed by atoms with Crippen molar-refractivity contribution in [3.8, 4) is 0 Å². The first-order valence-electron chi connectivity index (χ1n) is 5.68. The van der Waals surface area contributed by atoms with Gasteiger partial charge in [-0.2, -0.15) is 0 Å². The third-order valence-electron chi connectivity index (χ3n) is 2.62. The lowest BCUT2D eigenvalue weighted by Gasteiger charge is -2.11. The SMILES string of the molecule is NC(=S)c1cccc(S(=O)(=O)Nc2cccc(Cl)c2Cl)c1. The van der Waals surface area contributed by atoms with E-state index in [9.17, 15) is 8.42 Å². The molecule has 8 heteroatoms. The Kier molecular flexibility index (Phi) is 4.73. The maximum atomic E-state index is 12.3. The molecule has 0 aliphatic heterocycles. The van der Waals surface area contributed by atoms with Gasteiger partial charge < -0.3 is 5.73 Å². The fourth-order valence-electron chi connectivity index (χ4n) is 1.60. The lowest BCUT2D eigenvalue weighted by Crippen LogP contribution is -2.15. The lowest BCUT2D eigenvalue weighted by atomic mass is 10.2. The van der Waals surface area contributed by atoms with Crippen molar-refractivity contribution in [2.75, 3.05) is 4.72 Å². The molecule has 0 heterocycles. The molecule has 0 unspecified atom stereocenters. The molecule has 2 aromatic carbocycles. The average Bonchev–Trinajstić information content (AvgIpc) is 2.44. The highest BCUT2D eigenvalue weighted by Gasteiger charge is 2.17. The highest BCUT2D eigenvalue weighted by molar-refractivity contribution is 7.92. The third kappa shape index (κ3) is 3.65. The second-order valence-electron chi connectivity index (χ2n) is 4.10. The predicted molar refractivity (Wildman–Crippen MR) is 89.6 cm³/mol. The summed E-state index contributed by atoms with van der Waals surface area (Å²) in [6.07, 6.45) is 0. The van der Waals surface area contributed by atoms with Crippen LogP contribution in [0.4, 0.5) is 5.69 Å². The fourth-order valence-corrected chi connectivity index (χ4v) is 3.25. The topological polar surface area (TPSA) is 72.2 Å². The second-order valence-corrected chi connectivity index (χ2v) is 7.01. The van der Waals surface area contributed by atoms with E-state index in [4.69, 9.17) is 41.2 Å². The first-order chi connectivity index (χ1) is 9.81. The van der Waals surface area contributed by atoms with Crippen LogP contribution >= 0.6 is 35.4 Å². The summed E-state index contributed by atoms with van der Waals surface area (Å²) >= 11 is 16.7. The van der Waals surface area contributed by atoms with Gasteiger partial charge in [0.15, 0.2) is 0 Å². The molecule has 0 aliphatic rings. The molecule has 4 nitrogen and oxygen atoms in total. The lowest BCUT2D eigenvalue weighted by molar-refractivity contribution is 0.601. The van der Waals surface area contributed by atoms with Crippen molar-refractivity contribution < 1.29 is 8.42 Å². The quantitative estimate of drug-likeness (QED) is 0.819. The molecule has 2 aromatic rings. The molecule has 2 rings (SSSR count). The molecular formula is C13H10Cl2N2O2S2. The van der Waals surface area contributed by atoms with E-state index in [1.165, 1.54) is 18.2 Å². The van der Waals surface area contributed by atoms with Crippen LogP contribution < -0.4 is 10.5 Å². The van der Waals surface area contributed by atoms with Crippen LogP contribution in [0, 0.1) is 0 Å². The van der Waals surface area contributed by atoms with E-state index in [1.807, 2.05) is 0 Å². The highest BCUT2D eigenvalue weighted by atomic mass is 35.5. The smallest absolute Gasteiger partial charge is 0.261 e. The van der Waals surface area contributed by atoms with E-state index < -0.39 is 10.0 Å². The minimum atomic E-state index is -3.82. The minimum Gasteiger partial charge on any atom is -0.389 e. The highest BCUT2D eigenvalue weighted by Crippen LogP contribution is 2.31. The first kappa shape index (κ1) is 16.0. The van der Waals surface area contributed by atoms with Crippen LogP contribution in [0.2, 0.25) is 10.0 Å². The summed E-state index contributed by atoms with van der Waals surface area (Å²) in [5.41, 5.74) is 6.16. The van der Waals surface area contributed by atoms with Crippen molar-refractivity contribution in [3.63, 3.8) is 0 Å². The largest absolute Gasteiger partial charge is 0.389 e. The van der Waals surface area contributed by atoms with Gasteiger partial charge in [0.25, 0.3) is 10.0 Å². The fraction of sp³-hybridized carbons (Fsp3) is 0. The Hall–Kier alpha value is -1.34. The predicted octanol–water partition coefficient (Wildman–Crippen LogP) is 3.43. The summed E-state index contributed by atoms with van der Waals surface area (Å²) in [5.74, 6) is 0. The van der Waals surface area contributed by atoms with Crippen molar-refractivity contribution in [3.05, 3.63) is 58.1 Å². The molecule has 110 valence electrons. The van der Waals surface area contributed by atoms with Crippen LogP contribution in [0.25, 0.3) is 0 Å². The summed E-state index contributed by atoms with van der Waals surface area (Å²) in [6.45, 7) is 0. The normalized spacial score (nSPS) is 11.1. The van der Waals surface area contributed by atoms with Crippen LogP contribution in [0.15, 0.2) is 47.4 Å². The summed E-state index contributed by atoms with van der Waals surface area (Å²) < 4.78 is 27.1. The van der Waals surface area contributed by atoms with Crippen LogP contribution in [0.5, 0.6) is 0 Å². The number of hydrogen-bond donors (Lipinski definition) is 2. The Morgan fingerprint density at radius 3 is 2.48 bits per heavy atom. The number of halogens is 2. The Labute approximate surface area is 137 Å². The van der Waals surface area contributed by atoms with Gasteiger partial charge in [0.05, 0.1) is 20.6 Å². The number of benzene rings is 2. The molecular weight excluding hydrogens is 351 g/mol. The molecule has 0 bridgehead atoms. The maximum Gasteiger partial charge on any atom is 0.261 e. The van der Waals surface area contributed by atoms with E-state index in [0.717, 1.165) is 0 Å². The number of rotatable bonds is 4. The Morgan fingerprint density at radius 2 is 1.81 bits per heavy atom. The number of thiocarbonyl (C=S) groups is 1. The van der Waals surface area contributed by atoms with Crippen molar-refractivity contribution in [1.82, 2.24) is 0 Å². The Balaban J connectivity index is 2.41. The van der Waals surface area contributed by atoms with Gasteiger partial charge in [-0.05, 0) is 24.3 Å². The molecule has 0 saturated heterocycles.